The van der Waals surface area contributed by atoms with Gasteiger partial charge in [0.2, 0.25) is 5.91 Å². The molecule has 6 nitrogen and oxygen atoms in total. The van der Waals surface area contributed by atoms with E-state index in [9.17, 15) is 15.0 Å². The van der Waals surface area contributed by atoms with Crippen LogP contribution in [0.1, 0.15) is 60.5 Å². The number of phenols is 2. The van der Waals surface area contributed by atoms with Crippen molar-refractivity contribution in [3.63, 3.8) is 0 Å². The van der Waals surface area contributed by atoms with Crippen molar-refractivity contribution in [1.29, 1.82) is 0 Å². The number of anilines is 1. The third kappa shape index (κ3) is 4.17. The summed E-state index contributed by atoms with van der Waals surface area (Å²) >= 11 is 0. The van der Waals surface area contributed by atoms with Crippen molar-refractivity contribution in [2.24, 2.45) is 0 Å². The molecule has 1 amide bonds. The van der Waals surface area contributed by atoms with Gasteiger partial charge in [-0.05, 0) is 67.1 Å². The van der Waals surface area contributed by atoms with Crippen molar-refractivity contribution >= 4 is 11.7 Å². The fraction of sp³-hybridized carbons (Fsp3) is 0.346. The normalized spacial score (nSPS) is 15.6. The average Bonchev–Trinajstić information content (AvgIpc) is 2.80. The standard InChI is InChI=1S/C26H27N3O3/c30-19-9-6-16(7-10-19)14-23(32)28-26-24(17-4-2-1-3-5-17)29-25-21-12-11-20(31)15-18(21)8-13-22(25)27-26/h6-7,9-12,15,17,30-31H,1-5,8,13-14H2,(H,27,28,32). The Bertz CT molecular complexity index is 1150. The molecule has 0 atom stereocenters. The molecular weight excluding hydrogens is 402 g/mol. The first-order chi connectivity index (χ1) is 15.6. The topological polar surface area (TPSA) is 95.3 Å². The zero-order valence-electron chi connectivity index (χ0n) is 18.0. The minimum atomic E-state index is -0.136. The molecule has 0 unspecified atom stereocenters. The second-order valence-corrected chi connectivity index (χ2v) is 8.82. The van der Waals surface area contributed by atoms with Crippen LogP contribution in [0.2, 0.25) is 0 Å². The molecule has 0 spiro atoms. The van der Waals surface area contributed by atoms with Gasteiger partial charge < -0.3 is 15.5 Å². The van der Waals surface area contributed by atoms with Crippen molar-refractivity contribution in [3.8, 4) is 22.8 Å². The fourth-order valence-corrected chi connectivity index (χ4v) is 4.87. The highest BCUT2D eigenvalue weighted by Gasteiger charge is 2.27. The number of aromatic hydroxyl groups is 2. The number of nitrogens with one attached hydrogen (secondary N) is 1. The minimum absolute atomic E-state index is 0.136. The first-order valence-corrected chi connectivity index (χ1v) is 11.4. The molecule has 0 radical (unpaired) electrons. The van der Waals surface area contributed by atoms with Crippen molar-refractivity contribution in [2.75, 3.05) is 5.32 Å². The smallest absolute Gasteiger partial charge is 0.229 e. The molecule has 32 heavy (non-hydrogen) atoms. The molecule has 2 aliphatic carbocycles. The highest BCUT2D eigenvalue weighted by atomic mass is 16.3. The molecule has 3 N–H and O–H groups in total. The number of amides is 1. The minimum Gasteiger partial charge on any atom is -0.508 e. The molecule has 0 aliphatic heterocycles. The largest absolute Gasteiger partial charge is 0.508 e. The summed E-state index contributed by atoms with van der Waals surface area (Å²) in [5.74, 6) is 1.19. The lowest BCUT2D eigenvalue weighted by Crippen LogP contribution is -2.21. The molecule has 5 rings (SSSR count). The molecule has 0 bridgehead atoms. The number of hydrogen-bond acceptors (Lipinski definition) is 5. The average molecular weight is 430 g/mol. The molecule has 1 aromatic heterocycles. The second-order valence-electron chi connectivity index (χ2n) is 8.82. The van der Waals surface area contributed by atoms with Crippen molar-refractivity contribution in [3.05, 3.63) is 65.0 Å². The maximum Gasteiger partial charge on any atom is 0.229 e. The van der Waals surface area contributed by atoms with Crippen molar-refractivity contribution in [1.82, 2.24) is 9.97 Å². The number of hydrogen-bond donors (Lipinski definition) is 3. The van der Waals surface area contributed by atoms with Crippen LogP contribution in [0.3, 0.4) is 0 Å². The first-order valence-electron chi connectivity index (χ1n) is 11.4. The lowest BCUT2D eigenvalue weighted by Gasteiger charge is -2.26. The SMILES string of the molecule is O=C(Cc1ccc(O)cc1)Nc1nc2c(nc1C1CCCCC1)-c1ccc(O)cc1CC2. The number of carbonyl (C=O) groups excluding carboxylic acids is 1. The fourth-order valence-electron chi connectivity index (χ4n) is 4.87. The van der Waals surface area contributed by atoms with Crippen LogP contribution >= 0.6 is 0 Å². The van der Waals surface area contributed by atoms with Crippen LogP contribution < -0.4 is 5.32 Å². The molecule has 0 saturated heterocycles. The van der Waals surface area contributed by atoms with Gasteiger partial charge in [-0.1, -0.05) is 31.4 Å². The first kappa shape index (κ1) is 20.5. The summed E-state index contributed by atoms with van der Waals surface area (Å²) in [6.45, 7) is 0. The molecule has 6 heteroatoms. The van der Waals surface area contributed by atoms with Crippen LogP contribution in [0.15, 0.2) is 42.5 Å². The van der Waals surface area contributed by atoms with Crippen LogP contribution in [0, 0.1) is 0 Å². The Kier molecular flexibility index (Phi) is 5.52. The Balaban J connectivity index is 1.49. The Morgan fingerprint density at radius 2 is 1.69 bits per heavy atom. The highest BCUT2D eigenvalue weighted by Crippen LogP contribution is 2.39. The van der Waals surface area contributed by atoms with Crippen LogP contribution in [-0.4, -0.2) is 26.1 Å². The van der Waals surface area contributed by atoms with E-state index < -0.39 is 0 Å². The van der Waals surface area contributed by atoms with Gasteiger partial charge in [-0.25, -0.2) is 9.97 Å². The van der Waals surface area contributed by atoms with Gasteiger partial charge in [0.05, 0.1) is 23.5 Å². The number of phenolic OH excluding ortho intramolecular Hbond substituents is 2. The number of rotatable bonds is 4. The lowest BCUT2D eigenvalue weighted by atomic mass is 9.85. The van der Waals surface area contributed by atoms with E-state index in [4.69, 9.17) is 9.97 Å². The Morgan fingerprint density at radius 3 is 2.47 bits per heavy atom. The molecule has 2 aliphatic rings. The predicted molar refractivity (Wildman–Crippen MR) is 123 cm³/mol. The van der Waals surface area contributed by atoms with E-state index in [0.717, 1.165) is 72.3 Å². The monoisotopic (exact) mass is 429 g/mol. The van der Waals surface area contributed by atoms with Crippen LogP contribution in [0.4, 0.5) is 5.82 Å². The van der Waals surface area contributed by atoms with Gasteiger partial charge >= 0.3 is 0 Å². The molecule has 3 aromatic rings. The lowest BCUT2D eigenvalue weighted by molar-refractivity contribution is -0.115. The Labute approximate surface area is 187 Å². The molecule has 2 aromatic carbocycles. The number of fused-ring (bicyclic) bond motifs is 3. The van der Waals surface area contributed by atoms with E-state index in [1.165, 1.54) is 6.42 Å². The van der Waals surface area contributed by atoms with Crippen LogP contribution in [0.5, 0.6) is 11.5 Å². The summed E-state index contributed by atoms with van der Waals surface area (Å²) in [6, 6.07) is 12.1. The number of nitrogens with zero attached hydrogens (tertiary/aromatic N) is 2. The summed E-state index contributed by atoms with van der Waals surface area (Å²) in [6.07, 6.45) is 7.39. The van der Waals surface area contributed by atoms with Gasteiger partial charge in [-0.3, -0.25) is 4.79 Å². The summed E-state index contributed by atoms with van der Waals surface area (Å²) in [5, 5.41) is 22.4. The quantitative estimate of drug-likeness (QED) is 0.549. The van der Waals surface area contributed by atoms with Gasteiger partial charge in [0, 0.05) is 11.5 Å². The van der Waals surface area contributed by atoms with E-state index in [0.29, 0.717) is 5.82 Å². The number of carbonyl (C=O) groups is 1. The third-order valence-corrected chi connectivity index (χ3v) is 6.52. The maximum atomic E-state index is 12.8. The number of benzene rings is 2. The van der Waals surface area contributed by atoms with E-state index >= 15 is 0 Å². The summed E-state index contributed by atoms with van der Waals surface area (Å²) < 4.78 is 0. The van der Waals surface area contributed by atoms with E-state index in [1.807, 2.05) is 12.1 Å². The van der Waals surface area contributed by atoms with Gasteiger partial charge in [-0.15, -0.1) is 0 Å². The maximum absolute atomic E-state index is 12.8. The number of aryl methyl sites for hydroxylation is 2. The summed E-state index contributed by atoms with van der Waals surface area (Å²) in [7, 11) is 0. The summed E-state index contributed by atoms with van der Waals surface area (Å²) in [4.78, 5) is 22.8. The van der Waals surface area contributed by atoms with Crippen LogP contribution in [0.25, 0.3) is 11.3 Å². The number of aromatic nitrogens is 2. The van der Waals surface area contributed by atoms with Crippen molar-refractivity contribution < 1.29 is 15.0 Å². The third-order valence-electron chi connectivity index (χ3n) is 6.52. The Morgan fingerprint density at radius 1 is 0.938 bits per heavy atom. The molecule has 1 saturated carbocycles. The highest BCUT2D eigenvalue weighted by molar-refractivity contribution is 5.92. The zero-order valence-corrected chi connectivity index (χ0v) is 18.0. The Hall–Kier alpha value is -3.41. The molecule has 164 valence electrons. The van der Waals surface area contributed by atoms with Gasteiger partial charge in [0.15, 0.2) is 5.82 Å². The molecule has 1 heterocycles. The van der Waals surface area contributed by atoms with E-state index in [2.05, 4.69) is 5.32 Å². The summed E-state index contributed by atoms with van der Waals surface area (Å²) in [5.41, 5.74) is 5.59. The van der Waals surface area contributed by atoms with Gasteiger partial charge in [-0.2, -0.15) is 0 Å². The van der Waals surface area contributed by atoms with E-state index in [1.54, 1.807) is 30.3 Å². The van der Waals surface area contributed by atoms with Crippen molar-refractivity contribution in [2.45, 2.75) is 57.3 Å². The molecular formula is C26H27N3O3. The zero-order chi connectivity index (χ0) is 22.1. The van der Waals surface area contributed by atoms with Gasteiger partial charge in [0.1, 0.15) is 11.5 Å². The molecule has 1 fully saturated rings. The van der Waals surface area contributed by atoms with Crippen LogP contribution in [-0.2, 0) is 24.1 Å². The predicted octanol–water partition coefficient (Wildman–Crippen LogP) is 4.88. The second kappa shape index (κ2) is 8.61. The van der Waals surface area contributed by atoms with Gasteiger partial charge in [0.25, 0.3) is 0 Å². The van der Waals surface area contributed by atoms with E-state index in [-0.39, 0.29) is 29.7 Å².